The second-order valence-corrected chi connectivity index (χ2v) is 6.25. The van der Waals surface area contributed by atoms with E-state index in [-0.39, 0.29) is 0 Å². The molecule has 0 amide bonds. The van der Waals surface area contributed by atoms with Crippen LogP contribution in [0.15, 0.2) is 0 Å². The number of rotatable bonds is 0. The molecular weight excluding hydrogens is 144 g/mol. The highest BCUT2D eigenvalue weighted by molar-refractivity contribution is 5.10. The van der Waals surface area contributed by atoms with Gasteiger partial charge in [0.05, 0.1) is 0 Å². The Labute approximate surface area is 75.7 Å². The van der Waals surface area contributed by atoms with Crippen LogP contribution in [0.1, 0.15) is 52.4 Å². The van der Waals surface area contributed by atoms with Gasteiger partial charge in [0.2, 0.25) is 0 Å². The second kappa shape index (κ2) is 1.91. The third-order valence-corrected chi connectivity index (χ3v) is 5.23. The largest absolute Gasteiger partial charge is 0.0596 e. The van der Waals surface area contributed by atoms with Gasteiger partial charge in [-0.3, -0.25) is 0 Å². The lowest BCUT2D eigenvalue weighted by Crippen LogP contribution is -2.28. The van der Waals surface area contributed by atoms with Crippen molar-refractivity contribution in [2.24, 2.45) is 22.7 Å². The fourth-order valence-corrected chi connectivity index (χ4v) is 4.72. The van der Waals surface area contributed by atoms with Gasteiger partial charge < -0.3 is 0 Å². The van der Waals surface area contributed by atoms with Gasteiger partial charge in [0.25, 0.3) is 0 Å². The van der Waals surface area contributed by atoms with Gasteiger partial charge in [-0.1, -0.05) is 20.3 Å². The first-order valence-electron chi connectivity index (χ1n) is 5.62. The molecule has 3 atom stereocenters. The zero-order valence-corrected chi connectivity index (χ0v) is 8.40. The van der Waals surface area contributed by atoms with E-state index in [4.69, 9.17) is 0 Å². The third kappa shape index (κ3) is 0.701. The van der Waals surface area contributed by atoms with Gasteiger partial charge in [-0.25, -0.2) is 0 Å². The van der Waals surface area contributed by atoms with Crippen molar-refractivity contribution in [3.63, 3.8) is 0 Å². The smallest absolute Gasteiger partial charge is 0.0261 e. The summed E-state index contributed by atoms with van der Waals surface area (Å²) in [6.45, 7) is 5.00. The molecule has 3 aliphatic rings. The highest BCUT2D eigenvalue weighted by Gasteiger charge is 2.60. The van der Waals surface area contributed by atoms with Crippen molar-refractivity contribution in [3.05, 3.63) is 0 Å². The summed E-state index contributed by atoms with van der Waals surface area (Å²) in [5, 5.41) is 0. The molecule has 0 aromatic heterocycles. The molecule has 1 spiro atoms. The first-order valence-corrected chi connectivity index (χ1v) is 5.62. The number of fused-ring (bicyclic) bond motifs is 1. The van der Waals surface area contributed by atoms with Crippen LogP contribution in [-0.4, -0.2) is 0 Å². The molecule has 0 N–H and O–H groups in total. The van der Waals surface area contributed by atoms with E-state index in [0.717, 1.165) is 17.3 Å². The Morgan fingerprint density at radius 1 is 1.17 bits per heavy atom. The van der Waals surface area contributed by atoms with E-state index >= 15 is 0 Å². The molecule has 2 bridgehead atoms. The molecule has 3 aliphatic carbocycles. The lowest BCUT2D eigenvalue weighted by Gasteiger charge is -2.37. The molecule has 3 fully saturated rings. The van der Waals surface area contributed by atoms with Crippen LogP contribution in [0, 0.1) is 22.7 Å². The van der Waals surface area contributed by atoms with E-state index in [1.807, 2.05) is 0 Å². The molecule has 3 unspecified atom stereocenters. The molecule has 0 heterocycles. The first kappa shape index (κ1) is 7.41. The van der Waals surface area contributed by atoms with Gasteiger partial charge in [0.1, 0.15) is 0 Å². The van der Waals surface area contributed by atoms with Crippen LogP contribution in [0.5, 0.6) is 0 Å². The van der Waals surface area contributed by atoms with Crippen molar-refractivity contribution < 1.29 is 0 Å². The number of hydrogen-bond acceptors (Lipinski definition) is 0. The van der Waals surface area contributed by atoms with E-state index < -0.39 is 0 Å². The van der Waals surface area contributed by atoms with Crippen molar-refractivity contribution in [3.8, 4) is 0 Å². The molecule has 0 aromatic rings. The Hall–Kier alpha value is 0. The van der Waals surface area contributed by atoms with E-state index in [9.17, 15) is 0 Å². The number of hydrogen-bond donors (Lipinski definition) is 0. The summed E-state index contributed by atoms with van der Waals surface area (Å²) in [7, 11) is 0. The van der Waals surface area contributed by atoms with Crippen LogP contribution in [0.4, 0.5) is 0 Å². The average molecular weight is 164 g/mol. The molecule has 0 nitrogen and oxygen atoms in total. The van der Waals surface area contributed by atoms with Crippen LogP contribution in [0.3, 0.4) is 0 Å². The van der Waals surface area contributed by atoms with Gasteiger partial charge >= 0.3 is 0 Å². The van der Waals surface area contributed by atoms with E-state index in [2.05, 4.69) is 13.8 Å². The van der Waals surface area contributed by atoms with Crippen LogP contribution in [-0.2, 0) is 0 Å². The van der Waals surface area contributed by atoms with Gasteiger partial charge in [0, 0.05) is 0 Å². The Morgan fingerprint density at radius 2 is 2.00 bits per heavy atom. The molecule has 0 radical (unpaired) electrons. The minimum Gasteiger partial charge on any atom is -0.0596 e. The maximum atomic E-state index is 2.50. The van der Waals surface area contributed by atoms with Gasteiger partial charge in [-0.15, -0.1) is 0 Å². The summed E-state index contributed by atoms with van der Waals surface area (Å²) in [5.41, 5.74) is 1.55. The highest BCUT2D eigenvalue weighted by Crippen LogP contribution is 2.70. The Kier molecular flexibility index (Phi) is 1.18. The molecule has 3 rings (SSSR count). The second-order valence-electron chi connectivity index (χ2n) is 6.25. The van der Waals surface area contributed by atoms with Gasteiger partial charge in [-0.2, -0.15) is 0 Å². The zero-order chi connectivity index (χ0) is 8.40. The summed E-state index contributed by atoms with van der Waals surface area (Å²) in [6, 6.07) is 0. The van der Waals surface area contributed by atoms with E-state index in [1.54, 1.807) is 32.1 Å². The SMILES string of the molecule is CC1(C)CC23CCCC2CC1C3. The highest BCUT2D eigenvalue weighted by atomic mass is 14.6. The summed E-state index contributed by atoms with van der Waals surface area (Å²) >= 11 is 0. The van der Waals surface area contributed by atoms with Crippen molar-refractivity contribution >= 4 is 0 Å². The Bertz CT molecular complexity index is 216. The van der Waals surface area contributed by atoms with Crippen LogP contribution >= 0.6 is 0 Å². The van der Waals surface area contributed by atoms with Crippen LogP contribution in [0.2, 0.25) is 0 Å². The fraction of sp³-hybridized carbons (Fsp3) is 1.00. The Balaban J connectivity index is 1.97. The zero-order valence-electron chi connectivity index (χ0n) is 8.40. The van der Waals surface area contributed by atoms with Crippen molar-refractivity contribution in [2.45, 2.75) is 52.4 Å². The van der Waals surface area contributed by atoms with Crippen molar-refractivity contribution in [1.29, 1.82) is 0 Å². The van der Waals surface area contributed by atoms with Crippen molar-refractivity contribution in [2.75, 3.05) is 0 Å². The van der Waals surface area contributed by atoms with Crippen LogP contribution in [0.25, 0.3) is 0 Å². The van der Waals surface area contributed by atoms with E-state index in [1.165, 1.54) is 6.42 Å². The van der Waals surface area contributed by atoms with Crippen LogP contribution < -0.4 is 0 Å². The molecular formula is C12H20. The van der Waals surface area contributed by atoms with Gasteiger partial charge in [0.15, 0.2) is 0 Å². The molecule has 12 heavy (non-hydrogen) atoms. The molecule has 0 aliphatic heterocycles. The molecule has 0 heteroatoms. The fourth-order valence-electron chi connectivity index (χ4n) is 4.72. The molecule has 68 valence electrons. The molecule has 0 aromatic carbocycles. The normalized spacial score (nSPS) is 54.5. The maximum absolute atomic E-state index is 2.50. The van der Waals surface area contributed by atoms with E-state index in [0.29, 0.717) is 5.41 Å². The minimum absolute atomic E-state index is 0.695. The van der Waals surface area contributed by atoms with Gasteiger partial charge in [-0.05, 0) is 54.8 Å². The minimum atomic E-state index is 0.695. The lowest BCUT2D eigenvalue weighted by atomic mass is 9.68. The summed E-state index contributed by atoms with van der Waals surface area (Å²) in [6.07, 6.45) is 9.38. The third-order valence-electron chi connectivity index (χ3n) is 5.23. The molecule has 3 saturated carbocycles. The standard InChI is InChI=1S/C12H20/c1-11(2)8-12-5-3-4-9(12)6-10(11)7-12/h9-10H,3-8H2,1-2H3. The summed E-state index contributed by atoms with van der Waals surface area (Å²) < 4.78 is 0. The quantitative estimate of drug-likeness (QED) is 0.513. The lowest BCUT2D eigenvalue weighted by molar-refractivity contribution is 0.128. The predicted molar refractivity (Wildman–Crippen MR) is 50.9 cm³/mol. The van der Waals surface area contributed by atoms with Crippen molar-refractivity contribution in [1.82, 2.24) is 0 Å². The summed E-state index contributed by atoms with van der Waals surface area (Å²) in [4.78, 5) is 0. The first-order chi connectivity index (χ1) is 5.62. The predicted octanol–water partition coefficient (Wildman–Crippen LogP) is 3.61. The maximum Gasteiger partial charge on any atom is -0.0261 e. The summed E-state index contributed by atoms with van der Waals surface area (Å²) in [5.74, 6) is 2.23. The average Bonchev–Trinajstić information content (AvgIpc) is 2.46. The topological polar surface area (TPSA) is 0 Å². The molecule has 0 saturated heterocycles. The monoisotopic (exact) mass is 164 g/mol. The Morgan fingerprint density at radius 3 is 2.75 bits per heavy atom.